The van der Waals surface area contributed by atoms with Gasteiger partial charge >= 0.3 is 0 Å². The lowest BCUT2D eigenvalue weighted by atomic mass is 10.2. The van der Waals surface area contributed by atoms with Crippen molar-refractivity contribution < 1.29 is 17.5 Å². The van der Waals surface area contributed by atoms with Gasteiger partial charge in [-0.1, -0.05) is 30.3 Å². The molecule has 0 aliphatic rings. The first-order chi connectivity index (χ1) is 9.95. The molecule has 0 unspecified atom stereocenters. The van der Waals surface area contributed by atoms with Gasteiger partial charge in [-0.3, -0.25) is 0 Å². The Morgan fingerprint density at radius 2 is 1.81 bits per heavy atom. The molecule has 0 bridgehead atoms. The number of methoxy groups -OCH3 is 1. The minimum absolute atomic E-state index is 0.0136. The van der Waals surface area contributed by atoms with Gasteiger partial charge in [-0.25, -0.2) is 12.8 Å². The highest BCUT2D eigenvalue weighted by atomic mass is 32.2. The maximum absolute atomic E-state index is 13.7. The zero-order valence-corrected chi connectivity index (χ0v) is 12.6. The average Bonchev–Trinajstić information content (AvgIpc) is 2.48. The summed E-state index contributed by atoms with van der Waals surface area (Å²) in [5.41, 5.74) is 0.859. The molecule has 6 heteroatoms. The van der Waals surface area contributed by atoms with Crippen molar-refractivity contribution in [1.82, 2.24) is 4.31 Å². The van der Waals surface area contributed by atoms with Gasteiger partial charge < -0.3 is 4.74 Å². The zero-order valence-electron chi connectivity index (χ0n) is 11.8. The summed E-state index contributed by atoms with van der Waals surface area (Å²) in [5, 5.41) is 0. The first-order valence-electron chi connectivity index (χ1n) is 6.29. The molecule has 21 heavy (non-hydrogen) atoms. The van der Waals surface area contributed by atoms with E-state index in [1.807, 2.05) is 30.3 Å². The minimum atomic E-state index is -3.75. The Hall–Kier alpha value is -1.92. The van der Waals surface area contributed by atoms with Gasteiger partial charge in [0.05, 0.1) is 12.0 Å². The van der Waals surface area contributed by atoms with Gasteiger partial charge in [0.1, 0.15) is 0 Å². The van der Waals surface area contributed by atoms with Crippen LogP contribution in [0.1, 0.15) is 5.56 Å². The predicted molar refractivity (Wildman–Crippen MR) is 78.0 cm³/mol. The lowest BCUT2D eigenvalue weighted by Gasteiger charge is -2.17. The summed E-state index contributed by atoms with van der Waals surface area (Å²) in [7, 11) is -0.957. The van der Waals surface area contributed by atoms with E-state index in [9.17, 15) is 12.8 Å². The number of hydrogen-bond donors (Lipinski definition) is 0. The topological polar surface area (TPSA) is 46.6 Å². The first kappa shape index (κ1) is 15.5. The number of benzene rings is 2. The smallest absolute Gasteiger partial charge is 0.243 e. The van der Waals surface area contributed by atoms with Gasteiger partial charge in [0.2, 0.25) is 10.0 Å². The molecule has 2 aromatic rings. The number of hydrogen-bond acceptors (Lipinski definition) is 3. The van der Waals surface area contributed by atoms with Crippen LogP contribution in [0.4, 0.5) is 4.39 Å². The van der Waals surface area contributed by atoms with E-state index in [2.05, 4.69) is 0 Å². The molecule has 0 aliphatic heterocycles. The summed E-state index contributed by atoms with van der Waals surface area (Å²) < 4.78 is 44.4. The van der Waals surface area contributed by atoms with E-state index in [-0.39, 0.29) is 17.2 Å². The molecule has 0 aromatic heterocycles. The molecular formula is C15H16FNO3S. The number of nitrogens with zero attached hydrogens (tertiary/aromatic N) is 1. The highest BCUT2D eigenvalue weighted by Gasteiger charge is 2.22. The fourth-order valence-corrected chi connectivity index (χ4v) is 3.08. The van der Waals surface area contributed by atoms with E-state index in [4.69, 9.17) is 4.74 Å². The second-order valence-corrected chi connectivity index (χ2v) is 6.59. The van der Waals surface area contributed by atoms with Crippen molar-refractivity contribution in [2.45, 2.75) is 11.4 Å². The van der Waals surface area contributed by atoms with Crippen molar-refractivity contribution in [3.8, 4) is 5.75 Å². The molecule has 4 nitrogen and oxygen atoms in total. The molecular weight excluding hydrogens is 293 g/mol. The van der Waals surface area contributed by atoms with Crippen LogP contribution in [0.15, 0.2) is 53.4 Å². The van der Waals surface area contributed by atoms with Crippen LogP contribution in [0.5, 0.6) is 5.75 Å². The van der Waals surface area contributed by atoms with Crippen LogP contribution >= 0.6 is 0 Å². The molecule has 0 amide bonds. The van der Waals surface area contributed by atoms with Crippen molar-refractivity contribution >= 4 is 10.0 Å². The second-order valence-electron chi connectivity index (χ2n) is 4.54. The van der Waals surface area contributed by atoms with Gasteiger partial charge in [-0.05, 0) is 23.8 Å². The number of sulfonamides is 1. The van der Waals surface area contributed by atoms with Crippen LogP contribution in [0.2, 0.25) is 0 Å². The molecule has 2 rings (SSSR count). The van der Waals surface area contributed by atoms with Gasteiger partial charge in [-0.15, -0.1) is 0 Å². The summed E-state index contributed by atoms with van der Waals surface area (Å²) in [6.07, 6.45) is 0. The second kappa shape index (κ2) is 6.24. The van der Waals surface area contributed by atoms with Gasteiger partial charge in [-0.2, -0.15) is 4.31 Å². The quantitative estimate of drug-likeness (QED) is 0.853. The summed E-state index contributed by atoms with van der Waals surface area (Å²) in [5.74, 6) is -0.689. The third kappa shape index (κ3) is 3.40. The van der Waals surface area contributed by atoms with E-state index in [0.29, 0.717) is 0 Å². The van der Waals surface area contributed by atoms with Crippen LogP contribution in [0, 0.1) is 5.82 Å². The number of rotatable bonds is 5. The van der Waals surface area contributed by atoms with E-state index in [0.717, 1.165) is 11.6 Å². The van der Waals surface area contributed by atoms with Crippen LogP contribution < -0.4 is 4.74 Å². The molecule has 0 radical (unpaired) electrons. The van der Waals surface area contributed by atoms with Crippen LogP contribution in [0.3, 0.4) is 0 Å². The summed E-state index contributed by atoms with van der Waals surface area (Å²) in [4.78, 5) is -0.0979. The van der Waals surface area contributed by atoms with Crippen molar-refractivity contribution in [2.75, 3.05) is 14.2 Å². The molecule has 0 fully saturated rings. The van der Waals surface area contributed by atoms with Crippen molar-refractivity contribution in [3.05, 3.63) is 59.9 Å². The van der Waals surface area contributed by atoms with Crippen molar-refractivity contribution in [2.24, 2.45) is 0 Å². The molecule has 0 aliphatic carbocycles. The Morgan fingerprint density at radius 3 is 2.38 bits per heavy atom. The molecule has 0 N–H and O–H groups in total. The molecule has 2 aromatic carbocycles. The molecule has 0 spiro atoms. The number of halogens is 1. The van der Waals surface area contributed by atoms with Gasteiger partial charge in [0.15, 0.2) is 11.6 Å². The molecule has 0 saturated heterocycles. The Balaban J connectivity index is 2.27. The largest absolute Gasteiger partial charge is 0.494 e. The third-order valence-electron chi connectivity index (χ3n) is 3.08. The summed E-state index contributed by atoms with van der Waals surface area (Å²) in [6, 6.07) is 12.8. The Morgan fingerprint density at radius 1 is 1.14 bits per heavy atom. The Labute approximate surface area is 123 Å². The highest BCUT2D eigenvalue weighted by Crippen LogP contribution is 2.23. The van der Waals surface area contributed by atoms with E-state index >= 15 is 0 Å². The fourth-order valence-electron chi connectivity index (χ4n) is 1.91. The first-order valence-corrected chi connectivity index (χ1v) is 7.73. The maximum atomic E-state index is 13.7. The van der Waals surface area contributed by atoms with Crippen LogP contribution in [0.25, 0.3) is 0 Å². The molecule has 112 valence electrons. The van der Waals surface area contributed by atoms with Crippen molar-refractivity contribution in [3.63, 3.8) is 0 Å². The number of ether oxygens (including phenoxy) is 1. The maximum Gasteiger partial charge on any atom is 0.243 e. The predicted octanol–water partition coefficient (Wildman–Crippen LogP) is 2.66. The van der Waals surface area contributed by atoms with E-state index < -0.39 is 15.8 Å². The third-order valence-corrected chi connectivity index (χ3v) is 4.88. The fraction of sp³-hybridized carbons (Fsp3) is 0.200. The standard InChI is InChI=1S/C15H16FNO3S/c1-17(11-12-6-4-3-5-7-12)21(18,19)13-8-9-15(20-2)14(16)10-13/h3-10H,11H2,1-2H3. The van der Waals surface area contributed by atoms with Crippen molar-refractivity contribution in [1.29, 1.82) is 0 Å². The van der Waals surface area contributed by atoms with E-state index in [1.54, 1.807) is 0 Å². The van der Waals surface area contributed by atoms with Crippen LogP contribution in [-0.2, 0) is 16.6 Å². The molecule has 0 saturated carbocycles. The van der Waals surface area contributed by atoms with E-state index in [1.165, 1.54) is 30.6 Å². The Kier molecular flexibility index (Phi) is 4.59. The summed E-state index contributed by atoms with van der Waals surface area (Å²) in [6.45, 7) is 0.219. The van der Waals surface area contributed by atoms with Crippen LogP contribution in [-0.4, -0.2) is 26.9 Å². The Bertz CT molecular complexity index is 717. The van der Waals surface area contributed by atoms with Gasteiger partial charge in [0, 0.05) is 13.6 Å². The summed E-state index contributed by atoms with van der Waals surface area (Å²) >= 11 is 0. The zero-order chi connectivity index (χ0) is 15.5. The lowest BCUT2D eigenvalue weighted by molar-refractivity contribution is 0.385. The highest BCUT2D eigenvalue weighted by molar-refractivity contribution is 7.89. The minimum Gasteiger partial charge on any atom is -0.494 e. The molecule has 0 atom stereocenters. The monoisotopic (exact) mass is 309 g/mol. The SMILES string of the molecule is COc1ccc(S(=O)(=O)N(C)Cc2ccccc2)cc1F. The lowest BCUT2D eigenvalue weighted by Crippen LogP contribution is -2.26. The average molecular weight is 309 g/mol. The van der Waals surface area contributed by atoms with Gasteiger partial charge in [0.25, 0.3) is 0 Å². The normalized spacial score (nSPS) is 11.6. The molecule has 0 heterocycles.